The Morgan fingerprint density at radius 1 is 1.32 bits per heavy atom. The van der Waals surface area contributed by atoms with Crippen molar-refractivity contribution in [1.29, 1.82) is 0 Å². The van der Waals surface area contributed by atoms with Gasteiger partial charge in [-0.2, -0.15) is 0 Å². The van der Waals surface area contributed by atoms with Gasteiger partial charge in [-0.05, 0) is 48.2 Å². The second-order valence-electron chi connectivity index (χ2n) is 5.48. The minimum atomic E-state index is -0.105. The molecule has 1 aliphatic carbocycles. The van der Waals surface area contributed by atoms with Gasteiger partial charge in [0.2, 0.25) is 0 Å². The lowest BCUT2D eigenvalue weighted by atomic mass is 10.1. The molecule has 5 heteroatoms. The van der Waals surface area contributed by atoms with E-state index in [9.17, 15) is 4.79 Å². The van der Waals surface area contributed by atoms with Gasteiger partial charge in [0.05, 0.1) is 12.2 Å². The Hall–Kier alpha value is -2.33. The van der Waals surface area contributed by atoms with Crippen LogP contribution in [0, 0.1) is 0 Å². The van der Waals surface area contributed by atoms with Crippen LogP contribution in [-0.2, 0) is 6.42 Å². The minimum absolute atomic E-state index is 0.0361. The molecule has 1 N–H and O–H groups in total. The van der Waals surface area contributed by atoms with Crippen LogP contribution in [0.1, 0.15) is 34.1 Å². The predicted octanol–water partition coefficient (Wildman–Crippen LogP) is 3.41. The largest absolute Gasteiger partial charge is 0.344 e. The molecule has 22 heavy (non-hydrogen) atoms. The van der Waals surface area contributed by atoms with Crippen LogP contribution in [0.4, 0.5) is 0 Å². The Morgan fingerprint density at radius 3 is 3.14 bits per heavy atom. The number of halogens is 1. The fraction of sp³-hybridized carbons (Fsp3) is 0.176. The highest BCUT2D eigenvalue weighted by Crippen LogP contribution is 2.33. The molecule has 4 rings (SSSR count). The van der Waals surface area contributed by atoms with Crippen molar-refractivity contribution in [2.45, 2.75) is 18.9 Å². The first-order chi connectivity index (χ1) is 10.7. The van der Waals surface area contributed by atoms with Gasteiger partial charge in [-0.1, -0.05) is 23.7 Å². The smallest absolute Gasteiger partial charge is 0.270 e. The fourth-order valence-electron chi connectivity index (χ4n) is 3.07. The van der Waals surface area contributed by atoms with Crippen molar-refractivity contribution in [1.82, 2.24) is 14.7 Å². The molecular formula is C17H14ClN3O. The number of amides is 1. The lowest BCUT2D eigenvalue weighted by Gasteiger charge is -2.14. The van der Waals surface area contributed by atoms with E-state index in [0.29, 0.717) is 5.69 Å². The van der Waals surface area contributed by atoms with E-state index in [1.165, 1.54) is 5.56 Å². The van der Waals surface area contributed by atoms with Crippen molar-refractivity contribution >= 4 is 23.2 Å². The molecule has 2 aromatic heterocycles. The van der Waals surface area contributed by atoms with Gasteiger partial charge in [0.1, 0.15) is 11.3 Å². The van der Waals surface area contributed by atoms with Gasteiger partial charge in [0, 0.05) is 11.2 Å². The van der Waals surface area contributed by atoms with Gasteiger partial charge in [0.25, 0.3) is 5.91 Å². The zero-order chi connectivity index (χ0) is 15.1. The van der Waals surface area contributed by atoms with Crippen LogP contribution in [0.2, 0.25) is 5.02 Å². The molecule has 1 amide bonds. The van der Waals surface area contributed by atoms with Crippen molar-refractivity contribution < 1.29 is 4.79 Å². The Labute approximate surface area is 132 Å². The first-order valence-corrected chi connectivity index (χ1v) is 7.61. The van der Waals surface area contributed by atoms with E-state index in [1.54, 1.807) is 10.6 Å². The van der Waals surface area contributed by atoms with Crippen molar-refractivity contribution in [3.63, 3.8) is 0 Å². The summed E-state index contributed by atoms with van der Waals surface area (Å²) in [6.07, 6.45) is 5.30. The number of fused-ring (bicyclic) bond motifs is 2. The standard InChI is InChI=1S/C17H14ClN3O/c18-12-5-6-13-11(9-12)4-7-14(13)20-17(22)15-10-19-16-3-1-2-8-21(15)16/h1-3,5-6,8-10,14H,4,7H2,(H,20,22)/t14-/m1/s1. The molecule has 0 aliphatic heterocycles. The maximum atomic E-state index is 12.6. The molecule has 3 aromatic rings. The van der Waals surface area contributed by atoms with Crippen molar-refractivity contribution in [2.75, 3.05) is 0 Å². The van der Waals surface area contributed by atoms with Crippen LogP contribution in [0.3, 0.4) is 0 Å². The summed E-state index contributed by atoms with van der Waals surface area (Å²) < 4.78 is 1.80. The number of benzene rings is 1. The lowest BCUT2D eigenvalue weighted by Crippen LogP contribution is -2.28. The quantitative estimate of drug-likeness (QED) is 0.788. The molecule has 0 fully saturated rings. The van der Waals surface area contributed by atoms with Gasteiger partial charge in [0.15, 0.2) is 0 Å². The molecule has 0 unspecified atom stereocenters. The number of hydrogen-bond acceptors (Lipinski definition) is 2. The Bertz CT molecular complexity index is 871. The number of nitrogens with zero attached hydrogens (tertiary/aromatic N) is 2. The molecule has 1 aliphatic rings. The van der Waals surface area contributed by atoms with Crippen molar-refractivity contribution in [2.24, 2.45) is 0 Å². The number of imidazole rings is 1. The van der Waals surface area contributed by atoms with E-state index in [0.717, 1.165) is 29.1 Å². The second-order valence-corrected chi connectivity index (χ2v) is 5.92. The first-order valence-electron chi connectivity index (χ1n) is 7.23. The summed E-state index contributed by atoms with van der Waals surface area (Å²) in [7, 11) is 0. The van der Waals surface area contributed by atoms with Gasteiger partial charge >= 0.3 is 0 Å². The summed E-state index contributed by atoms with van der Waals surface area (Å²) in [5.41, 5.74) is 3.70. The summed E-state index contributed by atoms with van der Waals surface area (Å²) in [4.78, 5) is 16.8. The maximum absolute atomic E-state index is 12.6. The highest BCUT2D eigenvalue weighted by Gasteiger charge is 2.25. The van der Waals surface area contributed by atoms with Crippen LogP contribution in [0.15, 0.2) is 48.8 Å². The number of aromatic nitrogens is 2. The number of pyridine rings is 1. The van der Waals surface area contributed by atoms with E-state index < -0.39 is 0 Å². The molecule has 1 aromatic carbocycles. The maximum Gasteiger partial charge on any atom is 0.270 e. The molecule has 0 radical (unpaired) electrons. The van der Waals surface area contributed by atoms with E-state index in [2.05, 4.69) is 10.3 Å². The van der Waals surface area contributed by atoms with E-state index >= 15 is 0 Å². The summed E-state index contributed by atoms with van der Waals surface area (Å²) in [5.74, 6) is -0.105. The Morgan fingerprint density at radius 2 is 2.23 bits per heavy atom. The van der Waals surface area contributed by atoms with Gasteiger partial charge in [-0.15, -0.1) is 0 Å². The van der Waals surface area contributed by atoms with Gasteiger partial charge in [-0.3, -0.25) is 9.20 Å². The highest BCUT2D eigenvalue weighted by atomic mass is 35.5. The van der Waals surface area contributed by atoms with Crippen LogP contribution in [-0.4, -0.2) is 15.3 Å². The Balaban J connectivity index is 1.61. The summed E-state index contributed by atoms with van der Waals surface area (Å²) in [5, 5.41) is 3.85. The molecule has 0 saturated heterocycles. The number of rotatable bonds is 2. The molecule has 0 spiro atoms. The first kappa shape index (κ1) is 13.3. The molecule has 110 valence electrons. The predicted molar refractivity (Wildman–Crippen MR) is 85.2 cm³/mol. The third-order valence-electron chi connectivity index (χ3n) is 4.14. The average molecular weight is 312 g/mol. The molecule has 2 heterocycles. The monoisotopic (exact) mass is 311 g/mol. The van der Waals surface area contributed by atoms with Gasteiger partial charge in [-0.25, -0.2) is 4.98 Å². The van der Waals surface area contributed by atoms with E-state index in [4.69, 9.17) is 11.6 Å². The number of nitrogens with one attached hydrogen (secondary N) is 1. The number of carbonyl (C=O) groups excluding carboxylic acids is 1. The molecule has 0 saturated carbocycles. The van der Waals surface area contributed by atoms with Crippen LogP contribution >= 0.6 is 11.6 Å². The normalized spacial score (nSPS) is 16.7. The SMILES string of the molecule is O=C(N[C@@H]1CCc2cc(Cl)ccc21)c1cnc2ccccn12. The third-order valence-corrected chi connectivity index (χ3v) is 4.37. The minimum Gasteiger partial charge on any atom is -0.344 e. The lowest BCUT2D eigenvalue weighted by molar-refractivity contribution is 0.0931. The molecule has 1 atom stereocenters. The van der Waals surface area contributed by atoms with Crippen molar-refractivity contribution in [3.05, 3.63) is 70.6 Å². The van der Waals surface area contributed by atoms with Crippen molar-refractivity contribution in [3.8, 4) is 0 Å². The Kier molecular flexibility index (Phi) is 3.12. The van der Waals surface area contributed by atoms with Crippen LogP contribution in [0.25, 0.3) is 5.65 Å². The summed E-state index contributed by atoms with van der Waals surface area (Å²) in [6, 6.07) is 11.6. The summed E-state index contributed by atoms with van der Waals surface area (Å²) in [6.45, 7) is 0. The van der Waals surface area contributed by atoms with Crippen LogP contribution < -0.4 is 5.32 Å². The summed E-state index contributed by atoms with van der Waals surface area (Å²) >= 11 is 6.02. The number of hydrogen-bond donors (Lipinski definition) is 1. The molecular weight excluding hydrogens is 298 g/mol. The highest BCUT2D eigenvalue weighted by molar-refractivity contribution is 6.30. The zero-order valence-corrected chi connectivity index (χ0v) is 12.5. The van der Waals surface area contributed by atoms with E-state index in [-0.39, 0.29) is 11.9 Å². The van der Waals surface area contributed by atoms with E-state index in [1.807, 2.05) is 42.6 Å². The zero-order valence-electron chi connectivity index (χ0n) is 11.8. The fourth-order valence-corrected chi connectivity index (χ4v) is 3.26. The average Bonchev–Trinajstić information content (AvgIpc) is 3.11. The van der Waals surface area contributed by atoms with Crippen LogP contribution in [0.5, 0.6) is 0 Å². The second kappa shape index (κ2) is 5.14. The topological polar surface area (TPSA) is 46.4 Å². The molecule has 4 nitrogen and oxygen atoms in total. The van der Waals surface area contributed by atoms with Gasteiger partial charge < -0.3 is 5.32 Å². The number of aryl methyl sites for hydroxylation is 1. The number of carbonyl (C=O) groups is 1. The molecule has 0 bridgehead atoms. The third kappa shape index (κ3) is 2.16.